The average Bonchev–Trinajstić information content (AvgIpc) is 2.56. The summed E-state index contributed by atoms with van der Waals surface area (Å²) in [5, 5.41) is 2.29. The number of rotatable bonds is 5. The van der Waals surface area contributed by atoms with Gasteiger partial charge in [0.05, 0.1) is 22.8 Å². The van der Waals surface area contributed by atoms with Crippen LogP contribution in [0, 0.1) is 11.6 Å². The number of amides is 1. The second-order valence-corrected chi connectivity index (χ2v) is 5.32. The Hall–Kier alpha value is -2.47. The second-order valence-electron chi connectivity index (χ2n) is 4.91. The van der Waals surface area contributed by atoms with Gasteiger partial charge in [-0.15, -0.1) is 0 Å². The molecule has 0 aliphatic heterocycles. The van der Waals surface area contributed by atoms with Gasteiger partial charge in [0.15, 0.2) is 11.6 Å². The fraction of sp³-hybridized carbons (Fsp3) is 0.176. The summed E-state index contributed by atoms with van der Waals surface area (Å²) in [6.45, 7) is 2.21. The molecule has 0 spiro atoms. The van der Waals surface area contributed by atoms with Crippen molar-refractivity contribution in [3.05, 3.63) is 64.2 Å². The van der Waals surface area contributed by atoms with E-state index in [1.54, 1.807) is 0 Å². The third kappa shape index (κ3) is 4.29. The number of hydrogen-bond donors (Lipinski definition) is 1. The second kappa shape index (κ2) is 7.88. The first-order valence-electron chi connectivity index (χ1n) is 7.15. The largest absolute Gasteiger partial charge is 0.462 e. The van der Waals surface area contributed by atoms with Crippen molar-refractivity contribution >= 4 is 29.2 Å². The van der Waals surface area contributed by atoms with E-state index in [4.69, 9.17) is 16.3 Å². The Morgan fingerprint density at radius 2 is 1.75 bits per heavy atom. The molecule has 0 saturated carbocycles. The van der Waals surface area contributed by atoms with Gasteiger partial charge in [-0.3, -0.25) is 4.79 Å². The van der Waals surface area contributed by atoms with Gasteiger partial charge in [-0.25, -0.2) is 13.6 Å². The Bertz CT molecular complexity index is 763. The van der Waals surface area contributed by atoms with Crippen molar-refractivity contribution in [2.45, 2.75) is 13.3 Å². The van der Waals surface area contributed by atoms with Crippen LogP contribution in [0.1, 0.15) is 34.1 Å². The predicted molar refractivity (Wildman–Crippen MR) is 86.3 cm³/mol. The maximum absolute atomic E-state index is 13.2. The van der Waals surface area contributed by atoms with Crippen LogP contribution in [0.15, 0.2) is 36.4 Å². The Balaban J connectivity index is 2.10. The molecule has 0 aromatic heterocycles. The Kier molecular flexibility index (Phi) is 5.87. The van der Waals surface area contributed by atoms with Crippen LogP contribution in [0.4, 0.5) is 14.5 Å². The molecule has 0 bridgehead atoms. The maximum Gasteiger partial charge on any atom is 0.338 e. The van der Waals surface area contributed by atoms with Crippen LogP contribution in [0.25, 0.3) is 0 Å². The van der Waals surface area contributed by atoms with Crippen LogP contribution in [0.3, 0.4) is 0 Å². The molecule has 4 nitrogen and oxygen atoms in total. The molecule has 0 radical (unpaired) electrons. The van der Waals surface area contributed by atoms with Crippen LogP contribution in [0.2, 0.25) is 5.02 Å². The van der Waals surface area contributed by atoms with E-state index in [1.165, 1.54) is 24.3 Å². The van der Waals surface area contributed by atoms with Gasteiger partial charge in [0.2, 0.25) is 0 Å². The number of ether oxygens (including phenoxy) is 1. The van der Waals surface area contributed by atoms with Gasteiger partial charge in [0.25, 0.3) is 5.91 Å². The van der Waals surface area contributed by atoms with Crippen molar-refractivity contribution in [3.63, 3.8) is 0 Å². The minimum atomic E-state index is -1.17. The number of benzene rings is 2. The number of carbonyl (C=O) groups excluding carboxylic acids is 2. The van der Waals surface area contributed by atoms with E-state index >= 15 is 0 Å². The maximum atomic E-state index is 13.2. The molecule has 1 N–H and O–H groups in total. The van der Waals surface area contributed by atoms with Gasteiger partial charge >= 0.3 is 5.97 Å². The minimum absolute atomic E-state index is 0.193. The van der Waals surface area contributed by atoms with E-state index < -0.39 is 23.5 Å². The molecule has 0 unspecified atom stereocenters. The van der Waals surface area contributed by atoms with Crippen LogP contribution in [-0.4, -0.2) is 18.5 Å². The Morgan fingerprint density at radius 1 is 1.12 bits per heavy atom. The molecule has 2 aromatic rings. The molecule has 0 aliphatic carbocycles. The summed E-state index contributed by atoms with van der Waals surface area (Å²) in [6.07, 6.45) is 0.717. The van der Waals surface area contributed by atoms with Gasteiger partial charge in [-0.05, 0) is 42.8 Å². The molecule has 0 fully saturated rings. The van der Waals surface area contributed by atoms with E-state index in [9.17, 15) is 18.4 Å². The summed E-state index contributed by atoms with van der Waals surface area (Å²) in [7, 11) is 0. The standard InChI is InChI=1S/C17H14ClF2NO3/c1-2-7-24-17(23)10-3-5-11(6-4-10)21-16(22)12-8-14(19)15(20)9-13(12)18/h3-6,8-9H,2,7H2,1H3,(H,21,22). The van der Waals surface area contributed by atoms with E-state index in [0.717, 1.165) is 18.6 Å². The number of nitrogens with one attached hydrogen (secondary N) is 1. The van der Waals surface area contributed by atoms with Crippen LogP contribution >= 0.6 is 11.6 Å². The number of anilines is 1. The van der Waals surface area contributed by atoms with Gasteiger partial charge in [-0.1, -0.05) is 18.5 Å². The van der Waals surface area contributed by atoms with E-state index in [0.29, 0.717) is 17.9 Å². The molecule has 0 saturated heterocycles. The normalized spacial score (nSPS) is 10.3. The zero-order valence-corrected chi connectivity index (χ0v) is 13.5. The first-order chi connectivity index (χ1) is 11.4. The average molecular weight is 354 g/mol. The van der Waals surface area contributed by atoms with Crippen LogP contribution in [-0.2, 0) is 4.74 Å². The van der Waals surface area contributed by atoms with Crippen molar-refractivity contribution in [1.82, 2.24) is 0 Å². The first-order valence-corrected chi connectivity index (χ1v) is 7.53. The molecule has 1 amide bonds. The van der Waals surface area contributed by atoms with Gasteiger partial charge in [0.1, 0.15) is 0 Å². The van der Waals surface area contributed by atoms with Crippen molar-refractivity contribution in [2.75, 3.05) is 11.9 Å². The number of esters is 1. The zero-order chi connectivity index (χ0) is 17.7. The smallest absolute Gasteiger partial charge is 0.338 e. The highest BCUT2D eigenvalue weighted by atomic mass is 35.5. The highest BCUT2D eigenvalue weighted by Crippen LogP contribution is 2.21. The van der Waals surface area contributed by atoms with Crippen molar-refractivity contribution in [1.29, 1.82) is 0 Å². The summed E-state index contributed by atoms with van der Waals surface area (Å²) < 4.78 is 31.2. The third-order valence-corrected chi connectivity index (χ3v) is 3.38. The monoisotopic (exact) mass is 353 g/mol. The van der Waals surface area contributed by atoms with Gasteiger partial charge in [0, 0.05) is 5.69 Å². The molecule has 0 heterocycles. The first kappa shape index (κ1) is 17.9. The molecule has 126 valence electrons. The highest BCUT2D eigenvalue weighted by Gasteiger charge is 2.15. The summed E-state index contributed by atoms with van der Waals surface area (Å²) in [5.41, 5.74) is 0.516. The molecule has 0 aliphatic rings. The molecule has 2 rings (SSSR count). The van der Waals surface area contributed by atoms with Crippen molar-refractivity contribution in [3.8, 4) is 0 Å². The fourth-order valence-corrected chi connectivity index (χ4v) is 2.10. The molecular formula is C17H14ClF2NO3. The summed E-state index contributed by atoms with van der Waals surface area (Å²) in [6, 6.07) is 7.42. The van der Waals surface area contributed by atoms with Crippen molar-refractivity contribution < 1.29 is 23.1 Å². The quantitative estimate of drug-likeness (QED) is 0.638. The van der Waals surface area contributed by atoms with Crippen molar-refractivity contribution in [2.24, 2.45) is 0 Å². The van der Waals surface area contributed by atoms with E-state index in [-0.39, 0.29) is 10.6 Å². The molecule has 0 atom stereocenters. The number of carbonyl (C=O) groups is 2. The molecule has 2 aromatic carbocycles. The summed E-state index contributed by atoms with van der Waals surface area (Å²) in [5.74, 6) is -3.45. The van der Waals surface area contributed by atoms with Crippen LogP contribution < -0.4 is 5.32 Å². The SMILES string of the molecule is CCCOC(=O)c1ccc(NC(=O)c2cc(F)c(F)cc2Cl)cc1. The van der Waals surface area contributed by atoms with Crippen LogP contribution in [0.5, 0.6) is 0 Å². The number of halogens is 3. The lowest BCUT2D eigenvalue weighted by molar-refractivity contribution is 0.0505. The lowest BCUT2D eigenvalue weighted by atomic mass is 10.1. The third-order valence-electron chi connectivity index (χ3n) is 3.07. The van der Waals surface area contributed by atoms with Gasteiger partial charge in [-0.2, -0.15) is 0 Å². The predicted octanol–water partition coefficient (Wildman–Crippen LogP) is 4.44. The zero-order valence-electron chi connectivity index (χ0n) is 12.7. The lowest BCUT2D eigenvalue weighted by Crippen LogP contribution is -2.13. The highest BCUT2D eigenvalue weighted by molar-refractivity contribution is 6.34. The summed E-state index contributed by atoms with van der Waals surface area (Å²) >= 11 is 5.75. The lowest BCUT2D eigenvalue weighted by Gasteiger charge is -2.08. The Labute approximate surface area is 142 Å². The summed E-state index contributed by atoms with van der Waals surface area (Å²) in [4.78, 5) is 23.8. The Morgan fingerprint density at radius 3 is 2.38 bits per heavy atom. The minimum Gasteiger partial charge on any atom is -0.462 e. The topological polar surface area (TPSA) is 55.4 Å². The van der Waals surface area contributed by atoms with Gasteiger partial charge < -0.3 is 10.1 Å². The molecular weight excluding hydrogens is 340 g/mol. The molecule has 7 heteroatoms. The fourth-order valence-electron chi connectivity index (χ4n) is 1.86. The number of hydrogen-bond acceptors (Lipinski definition) is 3. The van der Waals surface area contributed by atoms with E-state index in [2.05, 4.69) is 5.32 Å². The molecule has 24 heavy (non-hydrogen) atoms. The van der Waals surface area contributed by atoms with E-state index in [1.807, 2.05) is 6.92 Å².